The van der Waals surface area contributed by atoms with Crippen LogP contribution in [0.25, 0.3) is 27.8 Å². The predicted octanol–water partition coefficient (Wildman–Crippen LogP) is 4.05. The molecule has 0 aliphatic heterocycles. The zero-order valence-electron chi connectivity index (χ0n) is 16.5. The van der Waals surface area contributed by atoms with E-state index in [9.17, 15) is 22.9 Å². The number of hydrogen-bond acceptors (Lipinski definition) is 5. The molecule has 7 nitrogen and oxygen atoms in total. The Morgan fingerprint density at radius 3 is 2.50 bits per heavy atom. The molecule has 0 saturated carbocycles. The molecule has 0 radical (unpaired) electrons. The summed E-state index contributed by atoms with van der Waals surface area (Å²) in [5, 5.41) is 15.5. The van der Waals surface area contributed by atoms with Gasteiger partial charge >= 0.3 is 0 Å². The van der Waals surface area contributed by atoms with Gasteiger partial charge in [0.05, 0.1) is 23.0 Å². The van der Waals surface area contributed by atoms with Crippen molar-refractivity contribution < 1.29 is 17.6 Å². The molecule has 1 N–H and O–H groups in total. The molecule has 160 valence electrons. The van der Waals surface area contributed by atoms with E-state index >= 15 is 0 Å². The van der Waals surface area contributed by atoms with E-state index in [4.69, 9.17) is 11.6 Å². The number of fused-ring (bicyclic) bond motifs is 1. The summed E-state index contributed by atoms with van der Waals surface area (Å²) in [6.45, 7) is 0. The van der Waals surface area contributed by atoms with E-state index in [1.54, 1.807) is 30.3 Å². The number of rotatable bonds is 4. The second-order valence-corrected chi connectivity index (χ2v) is 9.16. The molecule has 0 bridgehead atoms. The highest BCUT2D eigenvalue weighted by Gasteiger charge is 2.18. The lowest BCUT2D eigenvalue weighted by Gasteiger charge is -2.08. The number of nitrogens with one attached hydrogen (secondary N) is 1. The second-order valence-electron chi connectivity index (χ2n) is 6.98. The monoisotopic (exact) mass is 468 g/mol. The van der Waals surface area contributed by atoms with Crippen molar-refractivity contribution in [2.45, 2.75) is 0 Å². The molecule has 4 aromatic rings. The standard InChI is InChI=1S/C22H14ClFN4O3S/c1-32(30,31)27-22(29)14-4-8-19(15(10-14)12-25)28-20-9-5-16(23)11-18(20)21(26-28)13-2-6-17(24)7-3-13/h2-11H,1H3,(H,27,29). The van der Waals surface area contributed by atoms with Gasteiger partial charge in [-0.1, -0.05) is 11.6 Å². The molecule has 1 heterocycles. The maximum atomic E-state index is 13.4. The van der Waals surface area contributed by atoms with Crippen LogP contribution in [0.2, 0.25) is 5.02 Å². The van der Waals surface area contributed by atoms with Crippen LogP contribution >= 0.6 is 11.6 Å². The summed E-state index contributed by atoms with van der Waals surface area (Å²) < 4.78 is 39.5. The summed E-state index contributed by atoms with van der Waals surface area (Å²) in [5.41, 5.74) is 2.32. The smallest absolute Gasteiger partial charge is 0.264 e. The second kappa shape index (κ2) is 8.07. The normalized spacial score (nSPS) is 11.3. The van der Waals surface area contributed by atoms with Gasteiger partial charge in [-0.05, 0) is 60.7 Å². The van der Waals surface area contributed by atoms with Gasteiger partial charge in [-0.3, -0.25) is 4.79 Å². The molecular weight excluding hydrogens is 455 g/mol. The Labute approximate surface area is 187 Å². The van der Waals surface area contributed by atoms with Crippen LogP contribution in [0.3, 0.4) is 0 Å². The van der Waals surface area contributed by atoms with Crippen LogP contribution in [0.15, 0.2) is 60.7 Å². The number of nitriles is 1. The van der Waals surface area contributed by atoms with E-state index in [0.717, 1.165) is 6.26 Å². The van der Waals surface area contributed by atoms with Gasteiger partial charge in [0, 0.05) is 21.5 Å². The lowest BCUT2D eigenvalue weighted by atomic mass is 10.1. The molecule has 1 amide bonds. The van der Waals surface area contributed by atoms with Crippen molar-refractivity contribution in [1.82, 2.24) is 14.5 Å². The Bertz CT molecular complexity index is 1520. The number of benzene rings is 3. The van der Waals surface area contributed by atoms with Crippen LogP contribution in [-0.4, -0.2) is 30.4 Å². The van der Waals surface area contributed by atoms with Gasteiger partial charge in [-0.2, -0.15) is 10.4 Å². The van der Waals surface area contributed by atoms with Crippen molar-refractivity contribution in [3.05, 3.63) is 82.6 Å². The Hall–Kier alpha value is -3.74. The fourth-order valence-electron chi connectivity index (χ4n) is 3.27. The van der Waals surface area contributed by atoms with E-state index in [2.05, 4.69) is 5.10 Å². The summed E-state index contributed by atoms with van der Waals surface area (Å²) in [7, 11) is -3.76. The van der Waals surface area contributed by atoms with E-state index in [1.165, 1.54) is 35.0 Å². The minimum atomic E-state index is -3.76. The van der Waals surface area contributed by atoms with E-state index in [0.29, 0.717) is 32.9 Å². The fraction of sp³-hybridized carbons (Fsp3) is 0.0455. The third kappa shape index (κ3) is 4.19. The van der Waals surface area contributed by atoms with E-state index in [-0.39, 0.29) is 16.9 Å². The molecule has 0 aliphatic carbocycles. The van der Waals surface area contributed by atoms with Gasteiger partial charge in [-0.15, -0.1) is 0 Å². The van der Waals surface area contributed by atoms with Crippen LogP contribution in [0.5, 0.6) is 0 Å². The highest BCUT2D eigenvalue weighted by molar-refractivity contribution is 7.89. The quantitative estimate of drug-likeness (QED) is 0.486. The van der Waals surface area contributed by atoms with Crippen LogP contribution in [0.4, 0.5) is 4.39 Å². The molecule has 0 aliphatic rings. The van der Waals surface area contributed by atoms with Crippen molar-refractivity contribution in [1.29, 1.82) is 5.26 Å². The zero-order chi connectivity index (χ0) is 23.0. The molecule has 4 rings (SSSR count). The molecule has 0 unspecified atom stereocenters. The van der Waals surface area contributed by atoms with Gasteiger partial charge in [0.15, 0.2) is 0 Å². The van der Waals surface area contributed by atoms with E-state index < -0.39 is 15.9 Å². The SMILES string of the molecule is CS(=O)(=O)NC(=O)c1ccc(-n2nc(-c3ccc(F)cc3)c3cc(Cl)ccc32)c(C#N)c1. The molecular formula is C22H14ClFN4O3S. The van der Waals surface area contributed by atoms with Crippen molar-refractivity contribution in [3.8, 4) is 23.0 Å². The van der Waals surface area contributed by atoms with Crippen LogP contribution in [-0.2, 0) is 10.0 Å². The third-order valence-corrected chi connectivity index (χ3v) is 5.44. The minimum absolute atomic E-state index is 0.00832. The maximum Gasteiger partial charge on any atom is 0.264 e. The third-order valence-electron chi connectivity index (χ3n) is 4.65. The number of amides is 1. The number of halogens is 2. The number of hydrogen-bond donors (Lipinski definition) is 1. The van der Waals surface area contributed by atoms with Crippen LogP contribution < -0.4 is 4.72 Å². The van der Waals surface area contributed by atoms with E-state index in [1.807, 2.05) is 10.8 Å². The number of sulfonamides is 1. The first kappa shape index (κ1) is 21.5. The summed E-state index contributed by atoms with van der Waals surface area (Å²) in [6.07, 6.45) is 0.864. The number of carbonyl (C=O) groups is 1. The lowest BCUT2D eigenvalue weighted by Crippen LogP contribution is -2.29. The zero-order valence-corrected chi connectivity index (χ0v) is 18.1. The minimum Gasteiger partial charge on any atom is -0.268 e. The molecule has 0 saturated heterocycles. The highest BCUT2D eigenvalue weighted by Crippen LogP contribution is 2.32. The van der Waals surface area contributed by atoms with Gasteiger partial charge < -0.3 is 0 Å². The molecule has 0 fully saturated rings. The first-order valence-electron chi connectivity index (χ1n) is 9.17. The molecule has 10 heteroatoms. The van der Waals surface area contributed by atoms with Crippen molar-refractivity contribution in [2.75, 3.05) is 6.26 Å². The Balaban J connectivity index is 1.89. The van der Waals surface area contributed by atoms with Gasteiger partial charge in [0.25, 0.3) is 5.91 Å². The number of aromatic nitrogens is 2. The highest BCUT2D eigenvalue weighted by atomic mass is 35.5. The largest absolute Gasteiger partial charge is 0.268 e. The predicted molar refractivity (Wildman–Crippen MR) is 118 cm³/mol. The van der Waals surface area contributed by atoms with Crippen molar-refractivity contribution in [3.63, 3.8) is 0 Å². The number of carbonyl (C=O) groups excluding carboxylic acids is 1. The molecule has 0 spiro atoms. The lowest BCUT2D eigenvalue weighted by molar-refractivity contribution is 0.0981. The first-order chi connectivity index (χ1) is 15.2. The summed E-state index contributed by atoms with van der Waals surface area (Å²) in [5.74, 6) is -1.23. The van der Waals surface area contributed by atoms with Gasteiger partial charge in [0.1, 0.15) is 17.6 Å². The molecule has 1 aromatic heterocycles. The summed E-state index contributed by atoms with van der Waals surface area (Å²) >= 11 is 6.18. The molecule has 32 heavy (non-hydrogen) atoms. The van der Waals surface area contributed by atoms with Gasteiger partial charge in [-0.25, -0.2) is 22.2 Å². The topological polar surface area (TPSA) is 105 Å². The average molecular weight is 469 g/mol. The van der Waals surface area contributed by atoms with Crippen LogP contribution in [0.1, 0.15) is 15.9 Å². The Kier molecular flexibility index (Phi) is 5.42. The fourth-order valence-corrected chi connectivity index (χ4v) is 3.90. The average Bonchev–Trinajstić information content (AvgIpc) is 3.11. The van der Waals surface area contributed by atoms with Gasteiger partial charge in [0.2, 0.25) is 10.0 Å². The van der Waals surface area contributed by atoms with Crippen molar-refractivity contribution in [2.24, 2.45) is 0 Å². The first-order valence-corrected chi connectivity index (χ1v) is 11.4. The Morgan fingerprint density at radius 2 is 1.84 bits per heavy atom. The Morgan fingerprint density at radius 1 is 1.12 bits per heavy atom. The maximum absolute atomic E-state index is 13.4. The van der Waals surface area contributed by atoms with Crippen molar-refractivity contribution >= 4 is 38.4 Å². The molecule has 3 aromatic carbocycles. The summed E-state index contributed by atoms with van der Waals surface area (Å²) in [4.78, 5) is 12.2. The summed E-state index contributed by atoms with van der Waals surface area (Å²) in [6, 6.07) is 17.2. The number of nitrogens with zero attached hydrogens (tertiary/aromatic N) is 3. The van der Waals surface area contributed by atoms with Crippen LogP contribution in [0, 0.1) is 17.1 Å². The molecule has 0 atom stereocenters.